The molecule has 1 aliphatic rings. The summed E-state index contributed by atoms with van der Waals surface area (Å²) in [6.07, 6.45) is 4.77. The Morgan fingerprint density at radius 3 is 2.63 bits per heavy atom. The van der Waals surface area contributed by atoms with Gasteiger partial charge in [-0.15, -0.1) is 24.0 Å². The molecule has 3 rings (SSSR count). The van der Waals surface area contributed by atoms with E-state index in [4.69, 9.17) is 4.42 Å². The summed E-state index contributed by atoms with van der Waals surface area (Å²) in [7, 11) is 1.74. The lowest BCUT2D eigenvalue weighted by molar-refractivity contribution is -0.120. The van der Waals surface area contributed by atoms with Crippen LogP contribution in [0.5, 0.6) is 0 Å². The van der Waals surface area contributed by atoms with Gasteiger partial charge < -0.3 is 20.0 Å². The third kappa shape index (κ3) is 6.13. The lowest BCUT2D eigenvalue weighted by Crippen LogP contribution is -2.46. The molecular formula is C20H25IN4O2. The number of amides is 1. The van der Waals surface area contributed by atoms with Crippen molar-refractivity contribution in [2.75, 3.05) is 26.7 Å². The maximum Gasteiger partial charge on any atom is 0.239 e. The fraction of sp³-hybridized carbons (Fsp3) is 0.300. The van der Waals surface area contributed by atoms with Crippen LogP contribution < -0.4 is 10.6 Å². The number of hydrogen-bond acceptors (Lipinski definition) is 3. The van der Waals surface area contributed by atoms with Gasteiger partial charge in [-0.25, -0.2) is 0 Å². The largest absolute Gasteiger partial charge is 0.467 e. The predicted octanol–water partition coefficient (Wildman–Crippen LogP) is 2.88. The molecule has 1 aromatic heterocycles. The first-order valence-corrected chi connectivity index (χ1v) is 8.75. The molecule has 7 heteroatoms. The van der Waals surface area contributed by atoms with Gasteiger partial charge >= 0.3 is 0 Å². The molecular weight excluding hydrogens is 455 g/mol. The first-order chi connectivity index (χ1) is 12.8. The molecule has 2 N–H and O–H groups in total. The smallest absolute Gasteiger partial charge is 0.239 e. The minimum absolute atomic E-state index is 0. The number of carbonyl (C=O) groups excluding carboxylic acids is 1. The van der Waals surface area contributed by atoms with Gasteiger partial charge in [-0.1, -0.05) is 36.4 Å². The molecule has 27 heavy (non-hydrogen) atoms. The van der Waals surface area contributed by atoms with Crippen LogP contribution in [0.15, 0.2) is 64.2 Å². The number of hydrogen-bond donors (Lipinski definition) is 2. The molecule has 144 valence electrons. The Balaban J connectivity index is 0.00000261. The highest BCUT2D eigenvalue weighted by molar-refractivity contribution is 14.0. The number of nitrogens with one attached hydrogen (secondary N) is 2. The molecule has 0 unspecified atom stereocenters. The van der Waals surface area contributed by atoms with Gasteiger partial charge in [-0.3, -0.25) is 9.79 Å². The number of aliphatic imine (C=N–C) groups is 1. The van der Waals surface area contributed by atoms with Gasteiger partial charge in [0.25, 0.3) is 0 Å². The van der Waals surface area contributed by atoms with E-state index in [2.05, 4.69) is 50.9 Å². The van der Waals surface area contributed by atoms with Crippen LogP contribution in [0.3, 0.4) is 0 Å². The molecule has 0 radical (unpaired) electrons. The number of nitrogens with zero attached hydrogens (tertiary/aromatic N) is 2. The Labute approximate surface area is 176 Å². The lowest BCUT2D eigenvalue weighted by atomic mass is 10.00. The molecule has 0 fully saturated rings. The van der Waals surface area contributed by atoms with Gasteiger partial charge in [0.1, 0.15) is 5.76 Å². The van der Waals surface area contributed by atoms with E-state index in [-0.39, 0.29) is 36.4 Å². The number of furan rings is 1. The molecule has 0 atom stereocenters. The van der Waals surface area contributed by atoms with Crippen molar-refractivity contribution >= 4 is 41.4 Å². The SMILES string of the molecule is CN=C(NCC(=O)NCc1ccco1)N1CC=C(c2ccccc2)CC1.I. The van der Waals surface area contributed by atoms with Gasteiger partial charge in [0.2, 0.25) is 5.91 Å². The van der Waals surface area contributed by atoms with Crippen molar-refractivity contribution in [1.82, 2.24) is 15.5 Å². The number of carbonyl (C=O) groups is 1. The van der Waals surface area contributed by atoms with Crippen LogP contribution >= 0.6 is 24.0 Å². The second-order valence-electron chi connectivity index (χ2n) is 6.05. The molecule has 2 heterocycles. The third-order valence-corrected chi connectivity index (χ3v) is 4.31. The first-order valence-electron chi connectivity index (χ1n) is 8.75. The van der Waals surface area contributed by atoms with Gasteiger partial charge in [0, 0.05) is 20.1 Å². The van der Waals surface area contributed by atoms with Crippen LogP contribution in [-0.4, -0.2) is 43.4 Å². The van der Waals surface area contributed by atoms with Crippen LogP contribution in [0.25, 0.3) is 5.57 Å². The lowest BCUT2D eigenvalue weighted by Gasteiger charge is -2.29. The maximum absolute atomic E-state index is 12.0. The average Bonchev–Trinajstić information content (AvgIpc) is 3.22. The monoisotopic (exact) mass is 480 g/mol. The molecule has 0 aliphatic carbocycles. The van der Waals surface area contributed by atoms with E-state index < -0.39 is 0 Å². The van der Waals surface area contributed by atoms with Gasteiger partial charge in [-0.2, -0.15) is 0 Å². The van der Waals surface area contributed by atoms with Crippen LogP contribution in [0.4, 0.5) is 0 Å². The molecule has 0 spiro atoms. The zero-order chi connectivity index (χ0) is 18.2. The Hall–Kier alpha value is -2.29. The van der Waals surface area contributed by atoms with Crippen LogP contribution in [0, 0.1) is 0 Å². The summed E-state index contributed by atoms with van der Waals surface area (Å²) < 4.78 is 5.20. The van der Waals surface area contributed by atoms with Crippen LogP contribution in [0.1, 0.15) is 17.7 Å². The standard InChI is InChI=1S/C20H24N4O2.HI/c1-21-20(23-15-19(25)22-14-18-8-5-13-26-18)24-11-9-17(10-12-24)16-6-3-2-4-7-16;/h2-9,13H,10-12,14-15H2,1H3,(H,21,23)(H,22,25);1H. The number of benzene rings is 1. The zero-order valence-electron chi connectivity index (χ0n) is 15.4. The Morgan fingerprint density at radius 1 is 1.19 bits per heavy atom. The number of halogens is 1. The highest BCUT2D eigenvalue weighted by Gasteiger charge is 2.16. The average molecular weight is 480 g/mol. The normalized spacial score (nSPS) is 14.2. The molecule has 0 saturated carbocycles. The maximum atomic E-state index is 12.0. The second-order valence-corrected chi connectivity index (χ2v) is 6.05. The summed E-state index contributed by atoms with van der Waals surface area (Å²) in [6, 6.07) is 14.1. The molecule has 0 bridgehead atoms. The molecule has 6 nitrogen and oxygen atoms in total. The predicted molar refractivity (Wildman–Crippen MR) is 118 cm³/mol. The summed E-state index contributed by atoms with van der Waals surface area (Å²) in [5, 5.41) is 5.94. The molecule has 0 saturated heterocycles. The van der Waals surface area contributed by atoms with E-state index in [9.17, 15) is 4.79 Å². The van der Waals surface area contributed by atoms with Crippen molar-refractivity contribution < 1.29 is 9.21 Å². The van der Waals surface area contributed by atoms with Crippen LogP contribution in [0.2, 0.25) is 0 Å². The minimum Gasteiger partial charge on any atom is -0.467 e. The quantitative estimate of drug-likeness (QED) is 0.393. The van der Waals surface area contributed by atoms with Crippen molar-refractivity contribution in [3.8, 4) is 0 Å². The van der Waals surface area contributed by atoms with E-state index in [0.717, 1.165) is 31.2 Å². The fourth-order valence-electron chi connectivity index (χ4n) is 2.93. The van der Waals surface area contributed by atoms with E-state index in [1.807, 2.05) is 12.1 Å². The summed E-state index contributed by atoms with van der Waals surface area (Å²) in [6.45, 7) is 2.21. The van der Waals surface area contributed by atoms with Gasteiger partial charge in [0.05, 0.1) is 19.4 Å². The Morgan fingerprint density at radius 2 is 2.00 bits per heavy atom. The summed E-state index contributed by atoms with van der Waals surface area (Å²) >= 11 is 0. The molecule has 2 aromatic rings. The topological polar surface area (TPSA) is 69.9 Å². The van der Waals surface area contributed by atoms with Crippen molar-refractivity contribution in [2.45, 2.75) is 13.0 Å². The highest BCUT2D eigenvalue weighted by atomic mass is 127. The van der Waals surface area contributed by atoms with Crippen molar-refractivity contribution in [3.05, 3.63) is 66.1 Å². The molecule has 1 aromatic carbocycles. The van der Waals surface area contributed by atoms with E-state index in [1.165, 1.54) is 11.1 Å². The van der Waals surface area contributed by atoms with Gasteiger partial charge in [0.15, 0.2) is 5.96 Å². The van der Waals surface area contributed by atoms with Crippen molar-refractivity contribution in [3.63, 3.8) is 0 Å². The van der Waals surface area contributed by atoms with E-state index in [1.54, 1.807) is 19.4 Å². The summed E-state index contributed by atoms with van der Waals surface area (Å²) in [4.78, 5) is 18.4. The fourth-order valence-corrected chi connectivity index (χ4v) is 2.93. The minimum atomic E-state index is -0.0972. The molecule has 1 aliphatic heterocycles. The Kier molecular flexibility index (Phi) is 8.38. The number of guanidine groups is 1. The zero-order valence-corrected chi connectivity index (χ0v) is 17.7. The van der Waals surface area contributed by atoms with E-state index >= 15 is 0 Å². The first kappa shape index (κ1) is 21.0. The van der Waals surface area contributed by atoms with E-state index in [0.29, 0.717) is 6.54 Å². The highest BCUT2D eigenvalue weighted by Crippen LogP contribution is 2.21. The third-order valence-electron chi connectivity index (χ3n) is 4.31. The summed E-state index contributed by atoms with van der Waals surface area (Å²) in [5.74, 6) is 1.37. The van der Waals surface area contributed by atoms with Gasteiger partial charge in [-0.05, 0) is 29.7 Å². The second kappa shape index (κ2) is 10.8. The van der Waals surface area contributed by atoms with Crippen molar-refractivity contribution in [2.24, 2.45) is 4.99 Å². The Bertz CT molecular complexity index is 773. The molecule has 1 amide bonds. The number of rotatable bonds is 5. The van der Waals surface area contributed by atoms with Crippen molar-refractivity contribution in [1.29, 1.82) is 0 Å². The summed E-state index contributed by atoms with van der Waals surface area (Å²) in [5.41, 5.74) is 2.63. The van der Waals surface area contributed by atoms with Crippen LogP contribution in [-0.2, 0) is 11.3 Å².